The van der Waals surface area contributed by atoms with E-state index in [1.807, 2.05) is 20.8 Å². The first kappa shape index (κ1) is 36.1. The summed E-state index contributed by atoms with van der Waals surface area (Å²) in [5, 5.41) is 2.69. The van der Waals surface area contributed by atoms with Gasteiger partial charge < -0.3 is 29.3 Å². The van der Waals surface area contributed by atoms with E-state index in [2.05, 4.69) is 10.0 Å². The van der Waals surface area contributed by atoms with Gasteiger partial charge >= 0.3 is 12.1 Å². The maximum Gasteiger partial charge on any atom is 0.410 e. The summed E-state index contributed by atoms with van der Waals surface area (Å²) in [7, 11) is -2.65. The third kappa shape index (κ3) is 11.2. The molecule has 2 heterocycles. The summed E-state index contributed by atoms with van der Waals surface area (Å²) in [5.41, 5.74) is -0.540. The highest BCUT2D eigenvalue weighted by Gasteiger charge is 2.32. The molecule has 2 atom stereocenters. The number of carbonyl (C=O) groups excluding carboxylic acids is 4. The number of benzene rings is 1. The van der Waals surface area contributed by atoms with Crippen LogP contribution in [-0.4, -0.2) is 100 Å². The molecule has 0 aliphatic carbocycles. The fourth-order valence-corrected chi connectivity index (χ4v) is 6.59. The molecule has 14 heteroatoms. The van der Waals surface area contributed by atoms with Crippen LogP contribution in [0.1, 0.15) is 66.2 Å². The lowest BCUT2D eigenvalue weighted by atomic mass is 9.91. The van der Waals surface area contributed by atoms with E-state index in [1.165, 1.54) is 31.4 Å². The number of likely N-dealkylation sites (tertiary alicyclic amines) is 2. The van der Waals surface area contributed by atoms with E-state index in [-0.39, 0.29) is 42.5 Å². The molecule has 1 aromatic rings. The Morgan fingerprint density at radius 1 is 1.00 bits per heavy atom. The number of hydrogen-bond donors (Lipinski definition) is 2. The van der Waals surface area contributed by atoms with Gasteiger partial charge in [0.15, 0.2) is 0 Å². The zero-order chi connectivity index (χ0) is 33.2. The molecule has 3 amide bonds. The number of piperidine rings is 2. The van der Waals surface area contributed by atoms with Gasteiger partial charge in [-0.15, -0.1) is 0 Å². The molecule has 0 spiro atoms. The molecule has 1 unspecified atom stereocenters. The molecular weight excluding hydrogens is 604 g/mol. The smallest absolute Gasteiger partial charge is 0.410 e. The molecule has 13 nitrogen and oxygen atoms in total. The minimum atomic E-state index is -4.11. The third-order valence-electron chi connectivity index (χ3n) is 7.90. The van der Waals surface area contributed by atoms with Gasteiger partial charge in [-0.05, 0) is 90.0 Å². The second-order valence-corrected chi connectivity index (χ2v) is 14.2. The number of nitrogens with one attached hydrogen (secondary N) is 2. The molecule has 2 fully saturated rings. The summed E-state index contributed by atoms with van der Waals surface area (Å²) in [4.78, 5) is 54.4. The quantitative estimate of drug-likeness (QED) is 0.324. The standard InChI is InChI=1S/C31H48N4O9S/c1-6-43-29(38)26(33-45(40,41)25-12-10-24(42-5)11-13-25)20-32-28(37)23-8-7-17-35(21-23)27(36)14-9-22-15-18-34(19-16-22)30(39)44-31(2,3)4/h10-13,22-23,26,33H,6-9,14-21H2,1-5H3,(H,32,37)/t23?,26-/m0/s1. The first-order valence-electron chi connectivity index (χ1n) is 15.6. The maximum absolute atomic E-state index is 13.1. The molecule has 0 bridgehead atoms. The van der Waals surface area contributed by atoms with E-state index in [0.717, 1.165) is 12.8 Å². The molecule has 252 valence electrons. The van der Waals surface area contributed by atoms with Crippen LogP contribution in [0, 0.1) is 11.8 Å². The summed E-state index contributed by atoms with van der Waals surface area (Å²) < 4.78 is 43.8. The predicted molar refractivity (Wildman–Crippen MR) is 166 cm³/mol. The van der Waals surface area contributed by atoms with Crippen molar-refractivity contribution in [1.82, 2.24) is 19.8 Å². The van der Waals surface area contributed by atoms with Crippen LogP contribution in [0.15, 0.2) is 29.2 Å². The van der Waals surface area contributed by atoms with E-state index < -0.39 is 33.6 Å². The molecule has 0 radical (unpaired) electrons. The van der Waals surface area contributed by atoms with Gasteiger partial charge in [-0.2, -0.15) is 4.72 Å². The van der Waals surface area contributed by atoms with Gasteiger partial charge in [0.25, 0.3) is 0 Å². The van der Waals surface area contributed by atoms with Gasteiger partial charge in [0, 0.05) is 39.1 Å². The third-order valence-corrected chi connectivity index (χ3v) is 9.38. The van der Waals surface area contributed by atoms with E-state index in [1.54, 1.807) is 16.7 Å². The number of nitrogens with zero attached hydrogens (tertiary/aromatic N) is 2. The van der Waals surface area contributed by atoms with E-state index in [0.29, 0.717) is 57.0 Å². The van der Waals surface area contributed by atoms with Gasteiger partial charge in [-0.3, -0.25) is 14.4 Å². The van der Waals surface area contributed by atoms with Crippen LogP contribution in [0.4, 0.5) is 4.79 Å². The van der Waals surface area contributed by atoms with Crippen molar-refractivity contribution in [3.8, 4) is 5.75 Å². The topological polar surface area (TPSA) is 161 Å². The van der Waals surface area contributed by atoms with Crippen LogP contribution in [0.5, 0.6) is 5.75 Å². The predicted octanol–water partition coefficient (Wildman–Crippen LogP) is 2.69. The number of ether oxygens (including phenoxy) is 3. The highest BCUT2D eigenvalue weighted by Crippen LogP contribution is 2.25. The fraction of sp³-hybridized carbons (Fsp3) is 0.677. The van der Waals surface area contributed by atoms with Crippen LogP contribution < -0.4 is 14.8 Å². The lowest BCUT2D eigenvalue weighted by molar-refractivity contribution is -0.145. The fourth-order valence-electron chi connectivity index (χ4n) is 5.41. The molecule has 45 heavy (non-hydrogen) atoms. The summed E-state index contributed by atoms with van der Waals surface area (Å²) in [6.45, 7) is 8.87. The van der Waals surface area contributed by atoms with Gasteiger partial charge in [-0.1, -0.05) is 0 Å². The normalized spacial score (nSPS) is 18.6. The number of carbonyl (C=O) groups is 4. The van der Waals surface area contributed by atoms with Crippen LogP contribution in [0.2, 0.25) is 0 Å². The summed E-state index contributed by atoms with van der Waals surface area (Å²) in [5.74, 6) is -0.867. The number of esters is 1. The molecule has 2 N–H and O–H groups in total. The van der Waals surface area contributed by atoms with Crippen molar-refractivity contribution in [3.05, 3.63) is 24.3 Å². The Balaban J connectivity index is 1.49. The molecule has 2 saturated heterocycles. The lowest BCUT2D eigenvalue weighted by Crippen LogP contribution is -2.51. The minimum Gasteiger partial charge on any atom is -0.497 e. The summed E-state index contributed by atoms with van der Waals surface area (Å²) in [6, 6.07) is 4.33. The first-order chi connectivity index (χ1) is 21.2. The molecular formula is C31H48N4O9S. The van der Waals surface area contributed by atoms with Crippen molar-refractivity contribution < 1.29 is 41.8 Å². The van der Waals surface area contributed by atoms with Gasteiger partial charge in [0.05, 0.1) is 24.5 Å². The molecule has 1 aromatic carbocycles. The highest BCUT2D eigenvalue weighted by atomic mass is 32.2. The van der Waals surface area contributed by atoms with Crippen molar-refractivity contribution in [1.29, 1.82) is 0 Å². The second kappa shape index (κ2) is 16.3. The monoisotopic (exact) mass is 652 g/mol. The summed E-state index contributed by atoms with van der Waals surface area (Å²) >= 11 is 0. The van der Waals surface area contributed by atoms with Crippen molar-refractivity contribution in [3.63, 3.8) is 0 Å². The van der Waals surface area contributed by atoms with Crippen molar-refractivity contribution in [2.75, 3.05) is 46.4 Å². The largest absolute Gasteiger partial charge is 0.497 e. The average molecular weight is 653 g/mol. The van der Waals surface area contributed by atoms with Gasteiger partial charge in [0.2, 0.25) is 21.8 Å². The number of rotatable bonds is 12. The number of sulfonamides is 1. The highest BCUT2D eigenvalue weighted by molar-refractivity contribution is 7.89. The van der Waals surface area contributed by atoms with Crippen LogP contribution in [-0.2, 0) is 33.9 Å². The van der Waals surface area contributed by atoms with E-state index in [4.69, 9.17) is 14.2 Å². The molecule has 3 rings (SSSR count). The minimum absolute atomic E-state index is 0.0151. The van der Waals surface area contributed by atoms with Gasteiger partial charge in [-0.25, -0.2) is 13.2 Å². The van der Waals surface area contributed by atoms with Crippen LogP contribution in [0.3, 0.4) is 0 Å². The molecule has 2 aliphatic heterocycles. The van der Waals surface area contributed by atoms with Crippen molar-refractivity contribution in [2.45, 2.75) is 82.8 Å². The Labute approximate surface area is 266 Å². The van der Waals surface area contributed by atoms with E-state index in [9.17, 15) is 27.6 Å². The van der Waals surface area contributed by atoms with Crippen molar-refractivity contribution >= 4 is 33.9 Å². The van der Waals surface area contributed by atoms with Crippen LogP contribution in [0.25, 0.3) is 0 Å². The zero-order valence-electron chi connectivity index (χ0n) is 27.0. The molecule has 2 aliphatic rings. The Morgan fingerprint density at radius 2 is 1.67 bits per heavy atom. The van der Waals surface area contributed by atoms with Crippen molar-refractivity contribution in [2.24, 2.45) is 11.8 Å². The SMILES string of the molecule is CCOC(=O)[C@H](CNC(=O)C1CCCN(C(=O)CCC2CCN(C(=O)OC(C)(C)C)CC2)C1)NS(=O)(=O)c1ccc(OC)cc1. The molecule has 0 aromatic heterocycles. The Kier molecular flexibility index (Phi) is 13.0. The maximum atomic E-state index is 13.1. The number of amides is 3. The van der Waals surface area contributed by atoms with E-state index >= 15 is 0 Å². The van der Waals surface area contributed by atoms with Crippen LogP contribution >= 0.6 is 0 Å². The number of hydrogen-bond acceptors (Lipinski definition) is 9. The zero-order valence-corrected chi connectivity index (χ0v) is 27.8. The lowest BCUT2D eigenvalue weighted by Gasteiger charge is -2.34. The Hall–Kier alpha value is -3.39. The average Bonchev–Trinajstić information content (AvgIpc) is 3.01. The Morgan fingerprint density at radius 3 is 2.27 bits per heavy atom. The first-order valence-corrected chi connectivity index (χ1v) is 17.1. The number of methoxy groups -OCH3 is 1. The second-order valence-electron chi connectivity index (χ2n) is 12.5. The molecule has 0 saturated carbocycles. The van der Waals surface area contributed by atoms with Gasteiger partial charge in [0.1, 0.15) is 17.4 Å². The Bertz CT molecular complexity index is 1270. The summed E-state index contributed by atoms with van der Waals surface area (Å²) in [6.07, 6.45) is 3.61.